The topological polar surface area (TPSA) is 207 Å². The van der Waals surface area contributed by atoms with Gasteiger partial charge in [0, 0.05) is 29.3 Å². The number of para-hydroxylation sites is 1. The van der Waals surface area contributed by atoms with E-state index in [1.165, 1.54) is 6.92 Å². The summed E-state index contributed by atoms with van der Waals surface area (Å²) in [6.07, 6.45) is 0.453. The van der Waals surface area contributed by atoms with Crippen LogP contribution < -0.4 is 21.7 Å². The highest BCUT2D eigenvalue weighted by Gasteiger charge is 2.31. The molecule has 12 nitrogen and oxygen atoms in total. The van der Waals surface area contributed by atoms with Crippen LogP contribution >= 0.6 is 12.6 Å². The van der Waals surface area contributed by atoms with E-state index in [-0.39, 0.29) is 12.2 Å². The number of hydrogen-bond donors (Lipinski definition) is 9. The van der Waals surface area contributed by atoms with Crippen molar-refractivity contribution in [2.24, 2.45) is 5.73 Å². The number of aliphatic hydroxyl groups is 2. The van der Waals surface area contributed by atoms with Crippen molar-refractivity contribution in [3.63, 3.8) is 0 Å². The molecule has 0 aliphatic heterocycles. The molecule has 186 valence electrons. The van der Waals surface area contributed by atoms with E-state index in [0.717, 1.165) is 10.9 Å². The van der Waals surface area contributed by atoms with Gasteiger partial charge in [-0.05, 0) is 18.6 Å². The first kappa shape index (κ1) is 27.1. The third-order valence-electron chi connectivity index (χ3n) is 5.17. The third kappa shape index (κ3) is 6.93. The maximum Gasteiger partial charge on any atom is 0.327 e. The summed E-state index contributed by atoms with van der Waals surface area (Å²) >= 11 is 3.93. The quantitative estimate of drug-likeness (QED) is 0.148. The summed E-state index contributed by atoms with van der Waals surface area (Å²) in [4.78, 5) is 52.2. The molecule has 0 bridgehead atoms. The number of nitrogens with one attached hydrogen (secondary N) is 4. The number of fused-ring (bicyclic) bond motifs is 1. The molecule has 9 N–H and O–H groups in total. The average Bonchev–Trinajstić information content (AvgIpc) is 3.21. The Hall–Kier alpha value is -3.13. The van der Waals surface area contributed by atoms with Crippen LogP contribution in [0.4, 0.5) is 0 Å². The van der Waals surface area contributed by atoms with Gasteiger partial charge in [-0.1, -0.05) is 18.2 Å². The minimum Gasteiger partial charge on any atom is -0.480 e. The minimum absolute atomic E-state index is 0.0141. The summed E-state index contributed by atoms with van der Waals surface area (Å²) < 4.78 is 0. The van der Waals surface area contributed by atoms with Crippen molar-refractivity contribution in [2.75, 3.05) is 12.4 Å². The number of aromatic nitrogens is 1. The predicted octanol–water partition coefficient (Wildman–Crippen LogP) is -2.12. The number of benzene rings is 1. The molecule has 2 rings (SSSR count). The number of aliphatic hydroxyl groups excluding tert-OH is 2. The van der Waals surface area contributed by atoms with Crippen LogP contribution in [0.2, 0.25) is 0 Å². The van der Waals surface area contributed by atoms with Gasteiger partial charge in [0.15, 0.2) is 0 Å². The molecule has 0 radical (unpaired) electrons. The maximum absolute atomic E-state index is 12.9. The highest BCUT2D eigenvalue weighted by atomic mass is 32.1. The first-order valence-electron chi connectivity index (χ1n) is 10.4. The summed E-state index contributed by atoms with van der Waals surface area (Å²) in [7, 11) is 0. The van der Waals surface area contributed by atoms with Crippen LogP contribution in [-0.2, 0) is 25.6 Å². The molecular formula is C21H29N5O7S. The first-order valence-corrected chi connectivity index (χ1v) is 11.1. The molecule has 0 saturated carbocycles. The Morgan fingerprint density at radius 1 is 1.03 bits per heavy atom. The van der Waals surface area contributed by atoms with Crippen LogP contribution in [0, 0.1) is 0 Å². The highest BCUT2D eigenvalue weighted by molar-refractivity contribution is 7.80. The largest absolute Gasteiger partial charge is 0.480 e. The number of carboxylic acids is 1. The molecule has 13 heteroatoms. The van der Waals surface area contributed by atoms with Crippen molar-refractivity contribution < 1.29 is 34.5 Å². The number of carbonyl (C=O) groups is 4. The number of aliphatic carboxylic acids is 1. The molecule has 1 aromatic carbocycles. The molecule has 5 atom stereocenters. The van der Waals surface area contributed by atoms with E-state index in [9.17, 15) is 34.5 Å². The Morgan fingerprint density at radius 2 is 1.62 bits per heavy atom. The van der Waals surface area contributed by atoms with Crippen LogP contribution in [0.1, 0.15) is 12.5 Å². The Bertz CT molecular complexity index is 1030. The van der Waals surface area contributed by atoms with Crippen LogP contribution in [0.15, 0.2) is 30.5 Å². The zero-order valence-corrected chi connectivity index (χ0v) is 19.3. The number of hydrogen-bond acceptors (Lipinski definition) is 8. The SMILES string of the molecule is CC(O)C(N)C(=O)NC(CO)C(=O)NC(Cc1c[nH]c2ccccc12)C(=O)NC(CS)C(=O)O. The predicted molar refractivity (Wildman–Crippen MR) is 126 cm³/mol. The first-order chi connectivity index (χ1) is 16.1. The van der Waals surface area contributed by atoms with Gasteiger partial charge >= 0.3 is 5.97 Å². The molecule has 0 aliphatic rings. The van der Waals surface area contributed by atoms with Gasteiger partial charge in [0.2, 0.25) is 17.7 Å². The fourth-order valence-electron chi connectivity index (χ4n) is 3.14. The lowest BCUT2D eigenvalue weighted by molar-refractivity contribution is -0.141. The molecule has 0 saturated heterocycles. The summed E-state index contributed by atoms with van der Waals surface area (Å²) in [5.74, 6) is -4.03. The Kier molecular flexibility index (Phi) is 9.86. The number of carbonyl (C=O) groups excluding carboxylic acids is 3. The lowest BCUT2D eigenvalue weighted by Crippen LogP contribution is -2.59. The van der Waals surface area contributed by atoms with E-state index < -0.39 is 60.6 Å². The number of aromatic amines is 1. The second-order valence-corrected chi connectivity index (χ2v) is 8.08. The fraction of sp³-hybridized carbons (Fsp3) is 0.429. The molecule has 5 unspecified atom stereocenters. The number of thiol groups is 1. The monoisotopic (exact) mass is 495 g/mol. The molecule has 34 heavy (non-hydrogen) atoms. The molecule has 3 amide bonds. The molecule has 2 aromatic rings. The van der Waals surface area contributed by atoms with E-state index in [1.54, 1.807) is 12.3 Å². The molecule has 1 aromatic heterocycles. The standard InChI is InChI=1S/C21H29N5O7S/c1-10(28)17(22)20(31)25-15(8-27)19(30)24-14(18(29)26-16(9-34)21(32)33)6-11-7-23-13-5-3-2-4-12(11)13/h2-5,7,10,14-17,23,27-28,34H,6,8-9,22H2,1H3,(H,24,30)(H,25,31)(H,26,29)(H,32,33). The minimum atomic E-state index is -1.46. The normalized spacial score (nSPS) is 15.6. The lowest BCUT2D eigenvalue weighted by Gasteiger charge is -2.24. The van der Waals surface area contributed by atoms with Crippen molar-refractivity contribution in [1.82, 2.24) is 20.9 Å². The van der Waals surface area contributed by atoms with Crippen molar-refractivity contribution >= 4 is 47.2 Å². The smallest absolute Gasteiger partial charge is 0.327 e. The maximum atomic E-state index is 12.9. The van der Waals surface area contributed by atoms with Crippen LogP contribution in [-0.4, -0.2) is 86.6 Å². The number of H-pyrrole nitrogens is 1. The molecule has 0 spiro atoms. The highest BCUT2D eigenvalue weighted by Crippen LogP contribution is 2.19. The lowest BCUT2D eigenvalue weighted by atomic mass is 10.0. The Morgan fingerprint density at radius 3 is 2.21 bits per heavy atom. The van der Waals surface area contributed by atoms with Crippen molar-refractivity contribution in [3.8, 4) is 0 Å². The second-order valence-electron chi connectivity index (χ2n) is 7.72. The van der Waals surface area contributed by atoms with E-state index in [0.29, 0.717) is 5.56 Å². The molecular weight excluding hydrogens is 466 g/mol. The van der Waals surface area contributed by atoms with Gasteiger partial charge in [-0.15, -0.1) is 0 Å². The van der Waals surface area contributed by atoms with E-state index in [1.807, 2.05) is 18.2 Å². The van der Waals surface area contributed by atoms with Crippen LogP contribution in [0.5, 0.6) is 0 Å². The van der Waals surface area contributed by atoms with Gasteiger partial charge in [0.25, 0.3) is 0 Å². The average molecular weight is 496 g/mol. The molecule has 0 aliphatic carbocycles. The summed E-state index contributed by atoms with van der Waals surface area (Å²) in [6.45, 7) is 0.486. The van der Waals surface area contributed by atoms with Gasteiger partial charge in [-0.25, -0.2) is 4.79 Å². The van der Waals surface area contributed by atoms with Crippen molar-refractivity contribution in [2.45, 2.75) is 43.6 Å². The van der Waals surface area contributed by atoms with Gasteiger partial charge < -0.3 is 42.0 Å². The van der Waals surface area contributed by atoms with Crippen molar-refractivity contribution in [3.05, 3.63) is 36.0 Å². The summed E-state index contributed by atoms with van der Waals surface area (Å²) in [5.41, 5.74) is 7.02. The van der Waals surface area contributed by atoms with Crippen LogP contribution in [0.25, 0.3) is 10.9 Å². The third-order valence-corrected chi connectivity index (χ3v) is 5.53. The molecule has 0 fully saturated rings. The fourth-order valence-corrected chi connectivity index (χ4v) is 3.39. The van der Waals surface area contributed by atoms with E-state index >= 15 is 0 Å². The number of amides is 3. The second kappa shape index (κ2) is 12.4. The van der Waals surface area contributed by atoms with Gasteiger partial charge in [0.1, 0.15) is 24.2 Å². The van der Waals surface area contributed by atoms with Crippen LogP contribution in [0.3, 0.4) is 0 Å². The number of nitrogens with two attached hydrogens (primary N) is 1. The number of carboxylic acid groups (broad SMARTS) is 1. The summed E-state index contributed by atoms with van der Waals surface area (Å²) in [5, 5.41) is 36.1. The van der Waals surface area contributed by atoms with Crippen molar-refractivity contribution in [1.29, 1.82) is 0 Å². The molecule has 1 heterocycles. The van der Waals surface area contributed by atoms with E-state index in [4.69, 9.17) is 5.73 Å². The Labute approximate surface area is 200 Å². The van der Waals surface area contributed by atoms with Gasteiger partial charge in [0.05, 0.1) is 12.7 Å². The van der Waals surface area contributed by atoms with Gasteiger partial charge in [-0.2, -0.15) is 12.6 Å². The summed E-state index contributed by atoms with van der Waals surface area (Å²) in [6, 6.07) is 1.94. The zero-order valence-electron chi connectivity index (χ0n) is 18.4. The Balaban J connectivity index is 2.25. The van der Waals surface area contributed by atoms with E-state index in [2.05, 4.69) is 33.6 Å². The van der Waals surface area contributed by atoms with Gasteiger partial charge in [-0.3, -0.25) is 14.4 Å². The zero-order chi connectivity index (χ0) is 25.4. The number of rotatable bonds is 12.